The molecule has 27 heavy (non-hydrogen) atoms. The topological polar surface area (TPSA) is 126 Å². The lowest BCUT2D eigenvalue weighted by molar-refractivity contribution is -0.385. The average molecular weight is 382 g/mol. The lowest BCUT2D eigenvalue weighted by atomic mass is 10.1. The van der Waals surface area contributed by atoms with Gasteiger partial charge in [-0.2, -0.15) is 0 Å². The van der Waals surface area contributed by atoms with Gasteiger partial charge in [0.05, 0.1) is 37.0 Å². The predicted octanol–water partition coefficient (Wildman–Crippen LogP) is 1.71. The monoisotopic (exact) mass is 382 g/mol. The van der Waals surface area contributed by atoms with Gasteiger partial charge in [0, 0.05) is 6.42 Å². The number of nitro groups is 1. The van der Waals surface area contributed by atoms with Gasteiger partial charge in [0.2, 0.25) is 0 Å². The molecule has 1 rings (SSSR count). The molecule has 0 aliphatic rings. The third-order valence-electron chi connectivity index (χ3n) is 3.64. The zero-order valence-corrected chi connectivity index (χ0v) is 15.4. The van der Waals surface area contributed by atoms with Crippen molar-refractivity contribution in [2.75, 3.05) is 21.3 Å². The fourth-order valence-corrected chi connectivity index (χ4v) is 2.23. The number of nitrogens with one attached hydrogen (secondary N) is 1. The molecule has 10 heteroatoms. The highest BCUT2D eigenvalue weighted by Crippen LogP contribution is 2.34. The number of rotatable bonds is 11. The molecule has 1 aromatic rings. The Balaban J connectivity index is 2.76. The second-order valence-corrected chi connectivity index (χ2v) is 5.24. The first-order valence-electron chi connectivity index (χ1n) is 7.91. The summed E-state index contributed by atoms with van der Waals surface area (Å²) in [7, 11) is 4.30. The fraction of sp³-hybridized carbons (Fsp3) is 0.412. The maximum Gasteiger partial charge on any atom is 0.327 e. The Labute approximate surface area is 156 Å². The van der Waals surface area contributed by atoms with E-state index in [9.17, 15) is 19.7 Å². The molecule has 0 bridgehead atoms. The van der Waals surface area contributed by atoms with Gasteiger partial charge in [-0.25, -0.2) is 4.79 Å². The molecule has 148 valence electrons. The number of benzene rings is 1. The molecule has 1 aromatic carbocycles. The second-order valence-electron chi connectivity index (χ2n) is 5.24. The number of nitrogens with zero attached hydrogens (tertiary/aromatic N) is 1. The average Bonchev–Trinajstić information content (AvgIpc) is 2.66. The molecule has 0 unspecified atom stereocenters. The van der Waals surface area contributed by atoms with E-state index < -0.39 is 22.9 Å². The zero-order valence-electron chi connectivity index (χ0n) is 15.4. The summed E-state index contributed by atoms with van der Waals surface area (Å²) >= 11 is 0. The Bertz CT molecular complexity index is 704. The van der Waals surface area contributed by atoms with E-state index in [1.54, 1.807) is 7.05 Å². The number of esters is 2. The van der Waals surface area contributed by atoms with Crippen LogP contribution in [0, 0.1) is 10.1 Å². The maximum atomic E-state index is 11.9. The molecule has 0 aromatic heterocycles. The van der Waals surface area contributed by atoms with Crippen molar-refractivity contribution in [3.8, 4) is 11.5 Å². The Hall–Kier alpha value is -3.14. The number of hydrogen-bond donors (Lipinski definition) is 1. The highest BCUT2D eigenvalue weighted by Gasteiger charge is 2.22. The van der Waals surface area contributed by atoms with Gasteiger partial charge in [-0.05, 0) is 19.5 Å². The molecule has 0 saturated carbocycles. The molecule has 1 atom stereocenters. The van der Waals surface area contributed by atoms with Crippen molar-refractivity contribution in [1.29, 1.82) is 0 Å². The van der Waals surface area contributed by atoms with E-state index in [0.29, 0.717) is 0 Å². The van der Waals surface area contributed by atoms with E-state index in [2.05, 4.69) is 16.6 Å². The molecule has 10 nitrogen and oxygen atoms in total. The van der Waals surface area contributed by atoms with Crippen molar-refractivity contribution in [2.24, 2.45) is 0 Å². The summed E-state index contributed by atoms with van der Waals surface area (Å²) in [5.74, 6) is -0.727. The van der Waals surface area contributed by atoms with Crippen molar-refractivity contribution in [3.63, 3.8) is 0 Å². The van der Waals surface area contributed by atoms with E-state index >= 15 is 0 Å². The lowest BCUT2D eigenvalue weighted by Crippen LogP contribution is -2.35. The second kappa shape index (κ2) is 10.8. The normalized spacial score (nSPS) is 11.2. The number of carbonyl (C=O) groups excluding carboxylic acids is 2. The van der Waals surface area contributed by atoms with Crippen molar-refractivity contribution in [2.45, 2.75) is 25.5 Å². The number of nitro benzene ring substituents is 1. The smallest absolute Gasteiger partial charge is 0.327 e. The molecule has 0 spiro atoms. The van der Waals surface area contributed by atoms with Crippen LogP contribution in [-0.4, -0.2) is 44.2 Å². The number of ether oxygens (including phenoxy) is 4. The Morgan fingerprint density at radius 3 is 2.44 bits per heavy atom. The minimum absolute atomic E-state index is 0.0845. The quantitative estimate of drug-likeness (QED) is 0.263. The number of methoxy groups -OCH3 is 2. The highest BCUT2D eigenvalue weighted by molar-refractivity contribution is 5.77. The number of likely N-dealkylation sites (N-methyl/N-ethyl adjacent to an activating group) is 1. The molecule has 0 amide bonds. The molecule has 0 aliphatic heterocycles. The summed E-state index contributed by atoms with van der Waals surface area (Å²) in [6.45, 7) is 2.97. The van der Waals surface area contributed by atoms with Crippen LogP contribution >= 0.6 is 0 Å². The molecule has 0 radical (unpaired) electrons. The van der Waals surface area contributed by atoms with E-state index in [1.807, 2.05) is 0 Å². The third-order valence-corrected chi connectivity index (χ3v) is 3.64. The predicted molar refractivity (Wildman–Crippen MR) is 94.4 cm³/mol. The maximum absolute atomic E-state index is 11.9. The van der Waals surface area contributed by atoms with Crippen LogP contribution in [-0.2, 0) is 25.7 Å². The molecule has 0 aliphatic carbocycles. The summed E-state index contributed by atoms with van der Waals surface area (Å²) in [6.07, 6.45) is 1.05. The van der Waals surface area contributed by atoms with Crippen LogP contribution in [0.5, 0.6) is 11.5 Å². The van der Waals surface area contributed by atoms with E-state index in [1.165, 1.54) is 26.4 Å². The van der Waals surface area contributed by atoms with Gasteiger partial charge in [0.25, 0.3) is 5.69 Å². The van der Waals surface area contributed by atoms with Gasteiger partial charge < -0.3 is 24.3 Å². The standard InChI is InChI=1S/C17H22N2O8/c1-5-26-17(21)12(18-2)6-7-16(20)27-10-11-8-14(24-3)15(25-4)9-13(11)19(22)23/h5,8-9,12,18H,1,6-7,10H2,2-4H3/t12-/m0/s1. The van der Waals surface area contributed by atoms with Gasteiger partial charge >= 0.3 is 11.9 Å². The Morgan fingerprint density at radius 2 is 1.93 bits per heavy atom. The Morgan fingerprint density at radius 1 is 1.30 bits per heavy atom. The largest absolute Gasteiger partial charge is 0.493 e. The van der Waals surface area contributed by atoms with Crippen LogP contribution in [0.3, 0.4) is 0 Å². The van der Waals surface area contributed by atoms with Crippen LogP contribution in [0.25, 0.3) is 0 Å². The van der Waals surface area contributed by atoms with E-state index in [0.717, 1.165) is 6.26 Å². The molecule has 0 heterocycles. The minimum atomic E-state index is -0.703. The summed E-state index contributed by atoms with van der Waals surface area (Å²) in [5.41, 5.74) is -0.106. The van der Waals surface area contributed by atoms with Crippen LogP contribution in [0.1, 0.15) is 18.4 Å². The van der Waals surface area contributed by atoms with Gasteiger partial charge in [0.1, 0.15) is 12.6 Å². The van der Waals surface area contributed by atoms with Crippen LogP contribution < -0.4 is 14.8 Å². The first-order valence-corrected chi connectivity index (χ1v) is 7.91. The SMILES string of the molecule is C=COC(=O)[C@H](CCC(=O)OCc1cc(OC)c(OC)cc1[N+](=O)[O-])NC. The zero-order chi connectivity index (χ0) is 20.4. The minimum Gasteiger partial charge on any atom is -0.493 e. The lowest BCUT2D eigenvalue weighted by Gasteiger charge is -2.13. The van der Waals surface area contributed by atoms with E-state index in [4.69, 9.17) is 14.2 Å². The summed E-state index contributed by atoms with van der Waals surface area (Å²) in [5, 5.41) is 13.9. The molecule has 0 saturated heterocycles. The summed E-state index contributed by atoms with van der Waals surface area (Å²) < 4.78 is 19.9. The molecular formula is C17H22N2O8. The van der Waals surface area contributed by atoms with Gasteiger partial charge in [-0.15, -0.1) is 0 Å². The third kappa shape index (κ3) is 6.26. The number of hydrogen-bond acceptors (Lipinski definition) is 9. The van der Waals surface area contributed by atoms with Crippen LogP contribution in [0.2, 0.25) is 0 Å². The van der Waals surface area contributed by atoms with Crippen molar-refractivity contribution in [1.82, 2.24) is 5.32 Å². The van der Waals surface area contributed by atoms with Gasteiger partial charge in [-0.1, -0.05) is 6.58 Å². The fourth-order valence-electron chi connectivity index (χ4n) is 2.23. The first-order chi connectivity index (χ1) is 12.9. The van der Waals surface area contributed by atoms with Crippen molar-refractivity contribution in [3.05, 3.63) is 40.7 Å². The van der Waals surface area contributed by atoms with Crippen molar-refractivity contribution < 1.29 is 33.5 Å². The number of carbonyl (C=O) groups is 2. The summed E-state index contributed by atoms with van der Waals surface area (Å²) in [6, 6.07) is 1.87. The van der Waals surface area contributed by atoms with Gasteiger partial charge in [-0.3, -0.25) is 14.9 Å². The first kappa shape index (κ1) is 21.9. The Kier molecular flexibility index (Phi) is 8.73. The van der Waals surface area contributed by atoms with Crippen molar-refractivity contribution >= 4 is 17.6 Å². The van der Waals surface area contributed by atoms with Crippen LogP contribution in [0.15, 0.2) is 25.0 Å². The van der Waals surface area contributed by atoms with E-state index in [-0.39, 0.29) is 42.2 Å². The van der Waals surface area contributed by atoms with Crippen LogP contribution in [0.4, 0.5) is 5.69 Å². The molecule has 1 N–H and O–H groups in total. The van der Waals surface area contributed by atoms with Gasteiger partial charge in [0.15, 0.2) is 11.5 Å². The molecule has 0 fully saturated rings. The summed E-state index contributed by atoms with van der Waals surface area (Å²) in [4.78, 5) is 34.2. The molecular weight excluding hydrogens is 360 g/mol. The highest BCUT2D eigenvalue weighted by atomic mass is 16.6.